The van der Waals surface area contributed by atoms with Crippen molar-refractivity contribution in [1.82, 2.24) is 9.97 Å². The monoisotopic (exact) mass is 348 g/mol. The molecule has 0 aliphatic carbocycles. The SMILES string of the molecule is Cc1nc(Cl)c(C(N)=O)cc1F.Cc1nc(Cl)c(N)cc1F. The molecule has 0 spiro atoms. The summed E-state index contributed by atoms with van der Waals surface area (Å²) in [6.45, 7) is 2.98. The van der Waals surface area contributed by atoms with Crippen molar-refractivity contribution in [3.8, 4) is 0 Å². The molecule has 9 heteroatoms. The fourth-order valence-corrected chi connectivity index (χ4v) is 1.75. The minimum atomic E-state index is -0.786. The fraction of sp³-hybridized carbons (Fsp3) is 0.154. The van der Waals surface area contributed by atoms with Gasteiger partial charge in [-0.25, -0.2) is 18.7 Å². The van der Waals surface area contributed by atoms with Crippen LogP contribution in [0.2, 0.25) is 10.3 Å². The van der Waals surface area contributed by atoms with Crippen LogP contribution >= 0.6 is 23.2 Å². The highest BCUT2D eigenvalue weighted by atomic mass is 35.5. The summed E-state index contributed by atoms with van der Waals surface area (Å²) in [6, 6.07) is 2.14. The van der Waals surface area contributed by atoms with Crippen LogP contribution in [-0.4, -0.2) is 15.9 Å². The first-order valence-corrected chi connectivity index (χ1v) is 6.59. The third kappa shape index (κ3) is 4.51. The molecule has 2 aromatic heterocycles. The first-order chi connectivity index (χ1) is 10.1. The van der Waals surface area contributed by atoms with E-state index in [2.05, 4.69) is 9.97 Å². The van der Waals surface area contributed by atoms with E-state index < -0.39 is 17.5 Å². The Morgan fingerprint density at radius 2 is 1.50 bits per heavy atom. The molecule has 0 aliphatic rings. The van der Waals surface area contributed by atoms with Crippen molar-refractivity contribution < 1.29 is 13.6 Å². The number of rotatable bonds is 1. The molecule has 22 heavy (non-hydrogen) atoms. The van der Waals surface area contributed by atoms with Crippen molar-refractivity contribution in [2.75, 3.05) is 5.73 Å². The molecule has 0 saturated carbocycles. The van der Waals surface area contributed by atoms with E-state index in [4.69, 9.17) is 34.7 Å². The second-order valence-electron chi connectivity index (χ2n) is 4.19. The normalized spacial score (nSPS) is 9.91. The van der Waals surface area contributed by atoms with Crippen LogP contribution in [0.5, 0.6) is 0 Å². The number of hydrogen-bond donors (Lipinski definition) is 2. The van der Waals surface area contributed by atoms with Gasteiger partial charge in [0.25, 0.3) is 5.91 Å². The fourth-order valence-electron chi connectivity index (χ4n) is 1.29. The van der Waals surface area contributed by atoms with Crippen LogP contribution in [0.15, 0.2) is 12.1 Å². The smallest absolute Gasteiger partial charge is 0.251 e. The van der Waals surface area contributed by atoms with Crippen molar-refractivity contribution in [1.29, 1.82) is 0 Å². The predicted molar refractivity (Wildman–Crippen MR) is 80.8 cm³/mol. The van der Waals surface area contributed by atoms with Gasteiger partial charge in [0.2, 0.25) is 0 Å². The summed E-state index contributed by atoms with van der Waals surface area (Å²) < 4.78 is 25.3. The maximum absolute atomic E-state index is 12.8. The van der Waals surface area contributed by atoms with Crippen LogP contribution < -0.4 is 11.5 Å². The third-order valence-corrected chi connectivity index (χ3v) is 3.09. The van der Waals surface area contributed by atoms with Crippen molar-refractivity contribution in [2.45, 2.75) is 13.8 Å². The molecule has 0 unspecified atom stereocenters. The summed E-state index contributed by atoms with van der Waals surface area (Å²) in [5.74, 6) is -1.80. The maximum Gasteiger partial charge on any atom is 0.251 e. The number of anilines is 1. The number of carbonyl (C=O) groups excluding carboxylic acids is 1. The number of primary amides is 1. The average molecular weight is 349 g/mol. The highest BCUT2D eigenvalue weighted by Gasteiger charge is 2.11. The number of aromatic nitrogens is 2. The highest BCUT2D eigenvalue weighted by molar-refractivity contribution is 6.32. The topological polar surface area (TPSA) is 94.9 Å². The number of nitrogens with two attached hydrogens (primary N) is 2. The van der Waals surface area contributed by atoms with E-state index in [0.29, 0.717) is 0 Å². The zero-order valence-electron chi connectivity index (χ0n) is 11.6. The number of amides is 1. The molecule has 0 atom stereocenters. The second-order valence-corrected chi connectivity index (χ2v) is 4.91. The quantitative estimate of drug-likeness (QED) is 0.774. The standard InChI is InChI=1S/C7H6ClFN2O.C6H6ClFN2/c1-3-5(9)2-4(7(10)12)6(8)11-3;1-3-4(8)2-5(9)6(7)10-3/h2H,1H3,(H2,10,12);2H,9H2,1H3. The molecular weight excluding hydrogens is 337 g/mol. The zero-order valence-corrected chi connectivity index (χ0v) is 13.1. The van der Waals surface area contributed by atoms with E-state index in [1.807, 2.05) is 0 Å². The van der Waals surface area contributed by atoms with Crippen LogP contribution in [0.25, 0.3) is 0 Å². The lowest BCUT2D eigenvalue weighted by Crippen LogP contribution is -2.13. The Balaban J connectivity index is 0.000000224. The minimum Gasteiger partial charge on any atom is -0.396 e. The summed E-state index contributed by atoms with van der Waals surface area (Å²) in [7, 11) is 0. The molecule has 2 rings (SSSR count). The molecule has 0 bridgehead atoms. The number of aryl methyl sites for hydroxylation is 2. The molecule has 4 N–H and O–H groups in total. The van der Waals surface area contributed by atoms with Crippen LogP contribution in [0.4, 0.5) is 14.5 Å². The van der Waals surface area contributed by atoms with E-state index in [0.717, 1.165) is 12.1 Å². The molecule has 5 nitrogen and oxygen atoms in total. The van der Waals surface area contributed by atoms with E-state index in [9.17, 15) is 13.6 Å². The Labute approximate surface area is 135 Å². The molecular formula is C13H12Cl2F2N4O. The lowest BCUT2D eigenvalue weighted by molar-refractivity contribution is 0.0999. The predicted octanol–water partition coefficient (Wildman–Crippen LogP) is 3.05. The van der Waals surface area contributed by atoms with Gasteiger partial charge in [-0.1, -0.05) is 23.2 Å². The summed E-state index contributed by atoms with van der Waals surface area (Å²) >= 11 is 11.0. The lowest BCUT2D eigenvalue weighted by Gasteiger charge is -2.00. The van der Waals surface area contributed by atoms with E-state index in [1.165, 1.54) is 13.8 Å². The van der Waals surface area contributed by atoms with E-state index >= 15 is 0 Å². The Hall–Kier alpha value is -1.99. The van der Waals surface area contributed by atoms with Crippen molar-refractivity contribution in [2.24, 2.45) is 5.73 Å². The summed E-state index contributed by atoms with van der Waals surface area (Å²) in [5.41, 5.74) is 10.6. The van der Waals surface area contributed by atoms with Crippen LogP contribution in [0.3, 0.4) is 0 Å². The van der Waals surface area contributed by atoms with Gasteiger partial charge in [-0.15, -0.1) is 0 Å². The molecule has 0 radical (unpaired) electrons. The summed E-state index contributed by atoms with van der Waals surface area (Å²) in [5, 5.41) is 0.0836. The maximum atomic E-state index is 12.8. The summed E-state index contributed by atoms with van der Waals surface area (Å²) in [6.07, 6.45) is 0. The average Bonchev–Trinajstić information content (AvgIpc) is 2.41. The lowest BCUT2D eigenvalue weighted by atomic mass is 10.2. The molecule has 118 valence electrons. The van der Waals surface area contributed by atoms with Gasteiger partial charge in [-0.3, -0.25) is 4.79 Å². The van der Waals surface area contributed by atoms with Crippen molar-refractivity contribution in [3.05, 3.63) is 51.0 Å². The number of nitrogens with zero attached hydrogens (tertiary/aromatic N) is 2. The Morgan fingerprint density at radius 1 is 1.05 bits per heavy atom. The molecule has 2 aromatic rings. The van der Waals surface area contributed by atoms with E-state index in [-0.39, 0.29) is 32.9 Å². The Bertz CT molecular complexity index is 675. The largest absolute Gasteiger partial charge is 0.396 e. The van der Waals surface area contributed by atoms with Gasteiger partial charge in [0, 0.05) is 6.07 Å². The second kappa shape index (κ2) is 7.33. The van der Waals surface area contributed by atoms with E-state index in [1.54, 1.807) is 0 Å². The van der Waals surface area contributed by atoms with Crippen molar-refractivity contribution >= 4 is 34.8 Å². The first kappa shape index (κ1) is 18.1. The van der Waals surface area contributed by atoms with Crippen molar-refractivity contribution in [3.63, 3.8) is 0 Å². The number of hydrogen-bond acceptors (Lipinski definition) is 4. The van der Waals surface area contributed by atoms with Crippen LogP contribution in [0.1, 0.15) is 21.7 Å². The van der Waals surface area contributed by atoms with Gasteiger partial charge in [-0.05, 0) is 19.9 Å². The molecule has 0 fully saturated rings. The van der Waals surface area contributed by atoms with Gasteiger partial charge in [0.1, 0.15) is 16.8 Å². The number of pyridine rings is 2. The van der Waals surface area contributed by atoms with Gasteiger partial charge in [0.15, 0.2) is 5.15 Å². The number of carbonyl (C=O) groups is 1. The van der Waals surface area contributed by atoms with Gasteiger partial charge < -0.3 is 11.5 Å². The van der Waals surface area contributed by atoms with Crippen LogP contribution in [-0.2, 0) is 0 Å². The van der Waals surface area contributed by atoms with Gasteiger partial charge >= 0.3 is 0 Å². The van der Waals surface area contributed by atoms with Gasteiger partial charge in [0.05, 0.1) is 22.6 Å². The molecule has 0 aromatic carbocycles. The summed E-state index contributed by atoms with van der Waals surface area (Å²) in [4.78, 5) is 17.8. The third-order valence-electron chi connectivity index (χ3n) is 2.50. The van der Waals surface area contributed by atoms with Gasteiger partial charge in [-0.2, -0.15) is 0 Å². The zero-order chi connectivity index (χ0) is 17.0. The molecule has 0 aliphatic heterocycles. The number of halogens is 4. The highest BCUT2D eigenvalue weighted by Crippen LogP contribution is 2.17. The number of nitrogen functional groups attached to an aromatic ring is 1. The molecule has 2 heterocycles. The minimum absolute atomic E-state index is 0.0681. The van der Waals surface area contributed by atoms with Crippen LogP contribution in [0, 0.1) is 25.5 Å². The first-order valence-electron chi connectivity index (χ1n) is 5.84. The Kier molecular flexibility index (Phi) is 6.01. The molecule has 1 amide bonds. The Morgan fingerprint density at radius 3 is 1.95 bits per heavy atom. The molecule has 0 saturated heterocycles.